The molecule has 0 atom stereocenters. The van der Waals surface area contributed by atoms with Gasteiger partial charge in [-0.05, 0) is 43.7 Å². The monoisotopic (exact) mass is 375 g/mol. The second kappa shape index (κ2) is 10.3. The lowest BCUT2D eigenvalue weighted by Crippen LogP contribution is -2.44. The van der Waals surface area contributed by atoms with Gasteiger partial charge < -0.3 is 14.8 Å². The quantitative estimate of drug-likeness (QED) is 0.759. The van der Waals surface area contributed by atoms with Gasteiger partial charge in [-0.1, -0.05) is 26.7 Å². The predicted molar refractivity (Wildman–Crippen MR) is 107 cm³/mol. The Labute approximate surface area is 161 Å². The number of hydrogen-bond acceptors (Lipinski definition) is 3. The molecule has 0 unspecified atom stereocenters. The lowest BCUT2D eigenvalue weighted by molar-refractivity contribution is -0.125. The molecular formula is C21H33N3O3. The third-order valence-electron chi connectivity index (χ3n) is 5.47. The molecule has 0 spiro atoms. The maximum atomic E-state index is 12.6. The molecule has 150 valence electrons. The molecule has 1 aromatic heterocycles. The van der Waals surface area contributed by atoms with Crippen molar-refractivity contribution >= 4 is 11.8 Å². The number of carbonyl (C=O) groups is 2. The second-order valence-electron chi connectivity index (χ2n) is 7.59. The standard InChI is InChI=1S/C21H33N3O3/c1-4-7-17(8-5-2)19(25)22-15-16-10-13-24(14-11-16)21(27)18-9-6-12-23(3)20(18)26/h6,9,12,16-17H,4-5,7-8,10-11,13-15H2,1-3H3,(H,22,25). The molecule has 2 heterocycles. The molecule has 0 bridgehead atoms. The third kappa shape index (κ3) is 5.68. The first-order valence-electron chi connectivity index (χ1n) is 10.2. The molecule has 0 aromatic carbocycles. The Morgan fingerprint density at radius 3 is 2.41 bits per heavy atom. The summed E-state index contributed by atoms with van der Waals surface area (Å²) in [5.74, 6) is 0.492. The van der Waals surface area contributed by atoms with Crippen LogP contribution < -0.4 is 10.9 Å². The summed E-state index contributed by atoms with van der Waals surface area (Å²) in [5, 5.41) is 3.12. The zero-order valence-electron chi connectivity index (χ0n) is 16.9. The Hall–Kier alpha value is -2.11. The summed E-state index contributed by atoms with van der Waals surface area (Å²) < 4.78 is 1.43. The summed E-state index contributed by atoms with van der Waals surface area (Å²) in [6.07, 6.45) is 7.29. The SMILES string of the molecule is CCCC(CCC)C(=O)NCC1CCN(C(=O)c2cccn(C)c2=O)CC1. The Kier molecular flexibility index (Phi) is 8.07. The molecule has 1 aromatic rings. The number of amides is 2. The van der Waals surface area contributed by atoms with E-state index in [4.69, 9.17) is 0 Å². The van der Waals surface area contributed by atoms with E-state index in [1.54, 1.807) is 30.3 Å². The third-order valence-corrected chi connectivity index (χ3v) is 5.47. The molecule has 6 heteroatoms. The summed E-state index contributed by atoms with van der Waals surface area (Å²) in [5.41, 5.74) is -0.0245. The number of pyridine rings is 1. The largest absolute Gasteiger partial charge is 0.356 e. The van der Waals surface area contributed by atoms with E-state index in [9.17, 15) is 14.4 Å². The molecule has 27 heavy (non-hydrogen) atoms. The molecule has 1 N–H and O–H groups in total. The average molecular weight is 376 g/mol. The van der Waals surface area contributed by atoms with Crippen molar-refractivity contribution in [3.05, 3.63) is 34.2 Å². The minimum absolute atomic E-state index is 0.121. The van der Waals surface area contributed by atoms with Gasteiger partial charge in [-0.25, -0.2) is 0 Å². The highest BCUT2D eigenvalue weighted by atomic mass is 16.2. The normalized spacial score (nSPS) is 15.2. The number of likely N-dealkylation sites (tertiary alicyclic amines) is 1. The van der Waals surface area contributed by atoms with Gasteiger partial charge in [-0.3, -0.25) is 14.4 Å². The minimum atomic E-state index is -0.255. The molecular weight excluding hydrogens is 342 g/mol. The highest BCUT2D eigenvalue weighted by Gasteiger charge is 2.26. The van der Waals surface area contributed by atoms with Crippen molar-refractivity contribution in [2.24, 2.45) is 18.9 Å². The van der Waals surface area contributed by atoms with E-state index in [0.717, 1.165) is 38.5 Å². The van der Waals surface area contributed by atoms with Crippen LogP contribution in [0.4, 0.5) is 0 Å². The molecule has 2 rings (SSSR count). The van der Waals surface area contributed by atoms with Gasteiger partial charge in [0.05, 0.1) is 0 Å². The van der Waals surface area contributed by atoms with E-state index >= 15 is 0 Å². The van der Waals surface area contributed by atoms with Crippen molar-refractivity contribution < 1.29 is 9.59 Å². The highest BCUT2D eigenvalue weighted by Crippen LogP contribution is 2.19. The molecule has 1 aliphatic rings. The second-order valence-corrected chi connectivity index (χ2v) is 7.59. The van der Waals surface area contributed by atoms with Crippen LogP contribution in [0.2, 0.25) is 0 Å². The molecule has 0 radical (unpaired) electrons. The maximum absolute atomic E-state index is 12.6. The zero-order valence-corrected chi connectivity index (χ0v) is 16.9. The summed E-state index contributed by atoms with van der Waals surface area (Å²) in [6.45, 7) is 6.17. The van der Waals surface area contributed by atoms with Crippen LogP contribution in [-0.2, 0) is 11.8 Å². The molecule has 0 saturated carbocycles. The molecule has 6 nitrogen and oxygen atoms in total. The van der Waals surface area contributed by atoms with Gasteiger partial charge in [0.2, 0.25) is 5.91 Å². The lowest BCUT2D eigenvalue weighted by Gasteiger charge is -2.32. The fourth-order valence-corrected chi connectivity index (χ4v) is 3.76. The van der Waals surface area contributed by atoms with E-state index in [0.29, 0.717) is 25.6 Å². The van der Waals surface area contributed by atoms with E-state index in [1.807, 2.05) is 0 Å². The van der Waals surface area contributed by atoms with Crippen molar-refractivity contribution in [2.45, 2.75) is 52.4 Å². The van der Waals surface area contributed by atoms with E-state index in [2.05, 4.69) is 19.2 Å². The molecule has 1 saturated heterocycles. The first kappa shape index (κ1) is 21.2. The highest BCUT2D eigenvalue weighted by molar-refractivity contribution is 5.93. The number of rotatable bonds is 8. The van der Waals surface area contributed by atoms with Crippen LogP contribution >= 0.6 is 0 Å². The Morgan fingerprint density at radius 2 is 1.81 bits per heavy atom. The smallest absolute Gasteiger partial charge is 0.263 e. The van der Waals surface area contributed by atoms with E-state index in [1.165, 1.54) is 4.57 Å². The summed E-state index contributed by atoms with van der Waals surface area (Å²) in [6, 6.07) is 3.32. The predicted octanol–water partition coefficient (Wildman–Crippen LogP) is 2.57. The van der Waals surface area contributed by atoms with Crippen molar-refractivity contribution in [1.29, 1.82) is 0 Å². The minimum Gasteiger partial charge on any atom is -0.356 e. The fraction of sp³-hybridized carbons (Fsp3) is 0.667. The van der Waals surface area contributed by atoms with Crippen molar-refractivity contribution in [2.75, 3.05) is 19.6 Å². The Bertz CT molecular complexity index is 684. The van der Waals surface area contributed by atoms with Gasteiger partial charge >= 0.3 is 0 Å². The maximum Gasteiger partial charge on any atom is 0.263 e. The van der Waals surface area contributed by atoms with Crippen LogP contribution in [0.1, 0.15) is 62.7 Å². The molecule has 1 aliphatic heterocycles. The number of hydrogen-bond donors (Lipinski definition) is 1. The van der Waals surface area contributed by atoms with Gasteiger partial charge in [-0.2, -0.15) is 0 Å². The van der Waals surface area contributed by atoms with Crippen LogP contribution in [0.3, 0.4) is 0 Å². The Balaban J connectivity index is 1.83. The number of carbonyl (C=O) groups excluding carboxylic acids is 2. The van der Waals surface area contributed by atoms with Crippen LogP contribution in [0.25, 0.3) is 0 Å². The van der Waals surface area contributed by atoms with Gasteiger partial charge in [0.15, 0.2) is 0 Å². The molecule has 2 amide bonds. The first-order valence-corrected chi connectivity index (χ1v) is 10.2. The van der Waals surface area contributed by atoms with Gasteiger partial charge in [0.1, 0.15) is 5.56 Å². The van der Waals surface area contributed by atoms with Crippen molar-refractivity contribution in [1.82, 2.24) is 14.8 Å². The number of piperidine rings is 1. The van der Waals surface area contributed by atoms with Gasteiger partial charge in [0.25, 0.3) is 11.5 Å². The lowest BCUT2D eigenvalue weighted by atomic mass is 9.94. The fourth-order valence-electron chi connectivity index (χ4n) is 3.76. The van der Waals surface area contributed by atoms with Crippen molar-refractivity contribution in [3.8, 4) is 0 Å². The number of aryl methyl sites for hydroxylation is 1. The van der Waals surface area contributed by atoms with Crippen molar-refractivity contribution in [3.63, 3.8) is 0 Å². The van der Waals surface area contributed by atoms with Crippen LogP contribution in [-0.4, -0.2) is 40.9 Å². The topological polar surface area (TPSA) is 71.4 Å². The molecule has 0 aliphatic carbocycles. The van der Waals surface area contributed by atoms with Crippen LogP contribution in [0, 0.1) is 11.8 Å². The molecule has 1 fully saturated rings. The zero-order chi connectivity index (χ0) is 19.8. The van der Waals surface area contributed by atoms with E-state index < -0.39 is 0 Å². The van der Waals surface area contributed by atoms with E-state index in [-0.39, 0.29) is 28.9 Å². The first-order chi connectivity index (χ1) is 13.0. The van der Waals surface area contributed by atoms with Crippen LogP contribution in [0.15, 0.2) is 23.1 Å². The average Bonchev–Trinajstić information content (AvgIpc) is 2.68. The summed E-state index contributed by atoms with van der Waals surface area (Å²) in [4.78, 5) is 38.9. The summed E-state index contributed by atoms with van der Waals surface area (Å²) in [7, 11) is 1.65. The Morgan fingerprint density at radius 1 is 1.19 bits per heavy atom. The van der Waals surface area contributed by atoms with Gasteiger partial charge in [-0.15, -0.1) is 0 Å². The number of aromatic nitrogens is 1. The number of nitrogens with one attached hydrogen (secondary N) is 1. The van der Waals surface area contributed by atoms with Gasteiger partial charge in [0, 0.05) is 38.8 Å². The van der Waals surface area contributed by atoms with Crippen LogP contribution in [0.5, 0.6) is 0 Å². The summed E-state index contributed by atoms with van der Waals surface area (Å²) >= 11 is 0. The number of nitrogens with zero attached hydrogens (tertiary/aromatic N) is 2.